The van der Waals surface area contributed by atoms with Crippen LogP contribution in [0.15, 0.2) is 29.2 Å². The summed E-state index contributed by atoms with van der Waals surface area (Å²) >= 11 is 1.23. The number of nitro groups is 1. The van der Waals surface area contributed by atoms with E-state index < -0.39 is 16.1 Å². The van der Waals surface area contributed by atoms with Crippen LogP contribution in [0.1, 0.15) is 32.6 Å². The summed E-state index contributed by atoms with van der Waals surface area (Å²) in [7, 11) is 0. The fourth-order valence-corrected chi connectivity index (χ4v) is 3.36. The second-order valence-electron chi connectivity index (χ2n) is 5.67. The first-order chi connectivity index (χ1) is 11.5. The number of non-ortho nitro benzene ring substituents is 1. The molecule has 24 heavy (non-hydrogen) atoms. The molecule has 0 radical (unpaired) electrons. The predicted molar refractivity (Wildman–Crippen MR) is 89.8 cm³/mol. The van der Waals surface area contributed by atoms with Crippen molar-refractivity contribution in [2.45, 2.75) is 48.8 Å². The fourth-order valence-electron chi connectivity index (χ4n) is 2.49. The van der Waals surface area contributed by atoms with Gasteiger partial charge in [0.1, 0.15) is 5.25 Å². The molecule has 0 bridgehead atoms. The number of amides is 1. The Bertz CT molecular complexity index is 599. The summed E-state index contributed by atoms with van der Waals surface area (Å²) in [6.07, 6.45) is 4.19. The Labute approximate surface area is 144 Å². The first kappa shape index (κ1) is 18.3. The van der Waals surface area contributed by atoms with Crippen molar-refractivity contribution in [3.05, 3.63) is 34.4 Å². The Kier molecular flexibility index (Phi) is 6.60. The smallest absolute Gasteiger partial charge is 0.319 e. The Hall–Kier alpha value is -2.09. The second-order valence-corrected chi connectivity index (χ2v) is 7.08. The average molecular weight is 352 g/mol. The molecule has 1 fully saturated rings. The molecule has 0 spiro atoms. The van der Waals surface area contributed by atoms with Crippen molar-refractivity contribution in [3.8, 4) is 0 Å². The van der Waals surface area contributed by atoms with Gasteiger partial charge in [-0.25, -0.2) is 0 Å². The van der Waals surface area contributed by atoms with E-state index in [9.17, 15) is 19.7 Å². The molecule has 0 aromatic heterocycles. The van der Waals surface area contributed by atoms with E-state index in [1.165, 1.54) is 23.9 Å². The highest BCUT2D eigenvalue weighted by molar-refractivity contribution is 8.00. The van der Waals surface area contributed by atoms with Crippen LogP contribution in [0.3, 0.4) is 0 Å². The summed E-state index contributed by atoms with van der Waals surface area (Å²) < 4.78 is 5.03. The van der Waals surface area contributed by atoms with Gasteiger partial charge >= 0.3 is 5.97 Å². The van der Waals surface area contributed by atoms with Gasteiger partial charge in [-0.3, -0.25) is 19.7 Å². The lowest BCUT2D eigenvalue weighted by atomic mass is 10.2. The number of nitrogens with zero attached hydrogens (tertiary/aromatic N) is 1. The molecule has 1 saturated carbocycles. The molecule has 1 N–H and O–H groups in total. The molecular weight excluding hydrogens is 332 g/mol. The monoisotopic (exact) mass is 352 g/mol. The molecule has 1 aliphatic rings. The second kappa shape index (κ2) is 8.68. The van der Waals surface area contributed by atoms with Crippen LogP contribution in [0.25, 0.3) is 0 Å². The lowest BCUT2D eigenvalue weighted by Crippen LogP contribution is -2.36. The lowest BCUT2D eigenvalue weighted by Gasteiger charge is -2.14. The van der Waals surface area contributed by atoms with Crippen LogP contribution in [0.2, 0.25) is 0 Å². The maximum atomic E-state index is 11.9. The zero-order valence-electron chi connectivity index (χ0n) is 13.4. The van der Waals surface area contributed by atoms with Gasteiger partial charge in [0.15, 0.2) is 6.61 Å². The highest BCUT2D eigenvalue weighted by Crippen LogP contribution is 2.26. The molecule has 1 aromatic rings. The highest BCUT2D eigenvalue weighted by atomic mass is 32.2. The molecule has 1 aliphatic carbocycles. The zero-order chi connectivity index (χ0) is 17.5. The largest absolute Gasteiger partial charge is 0.455 e. The predicted octanol–water partition coefficient (Wildman–Crippen LogP) is 2.68. The molecule has 0 aliphatic heterocycles. The van der Waals surface area contributed by atoms with Crippen molar-refractivity contribution in [1.82, 2.24) is 5.32 Å². The van der Waals surface area contributed by atoms with Crippen LogP contribution >= 0.6 is 11.8 Å². The summed E-state index contributed by atoms with van der Waals surface area (Å²) in [6, 6.07) is 6.13. The van der Waals surface area contributed by atoms with E-state index in [2.05, 4.69) is 5.32 Å². The summed E-state index contributed by atoms with van der Waals surface area (Å²) in [5, 5.41) is 12.9. The third kappa shape index (κ3) is 5.52. The van der Waals surface area contributed by atoms with Crippen LogP contribution in [0.4, 0.5) is 5.69 Å². The van der Waals surface area contributed by atoms with Crippen LogP contribution < -0.4 is 5.32 Å². The Morgan fingerprint density at radius 2 is 1.96 bits per heavy atom. The summed E-state index contributed by atoms with van der Waals surface area (Å²) in [5.74, 6) is -0.761. The molecule has 130 valence electrons. The Balaban J connectivity index is 1.74. The SMILES string of the molecule is C[C@H](Sc1ccc([N+](=O)[O-])cc1)C(=O)OCC(=O)NC1CCCC1. The number of nitro benzene ring substituents is 1. The van der Waals surface area contributed by atoms with Crippen molar-refractivity contribution in [1.29, 1.82) is 0 Å². The van der Waals surface area contributed by atoms with Crippen LogP contribution in [-0.4, -0.2) is 34.7 Å². The molecule has 1 amide bonds. The van der Waals surface area contributed by atoms with E-state index in [0.29, 0.717) is 0 Å². The number of benzene rings is 1. The summed E-state index contributed by atoms with van der Waals surface area (Å²) in [4.78, 5) is 34.5. The number of hydrogen-bond donors (Lipinski definition) is 1. The molecular formula is C16H20N2O5S. The van der Waals surface area contributed by atoms with Gasteiger partial charge in [0.2, 0.25) is 0 Å². The van der Waals surface area contributed by atoms with Gasteiger partial charge in [-0.1, -0.05) is 12.8 Å². The summed E-state index contributed by atoms with van der Waals surface area (Å²) in [6.45, 7) is 1.39. The number of esters is 1. The quantitative estimate of drug-likeness (QED) is 0.351. The third-order valence-electron chi connectivity index (χ3n) is 3.76. The molecule has 2 rings (SSSR count). The van der Waals surface area contributed by atoms with Crippen molar-refractivity contribution in [3.63, 3.8) is 0 Å². The van der Waals surface area contributed by atoms with Gasteiger partial charge in [-0.2, -0.15) is 0 Å². The van der Waals surface area contributed by atoms with E-state index in [1.807, 2.05) is 0 Å². The molecule has 8 heteroatoms. The van der Waals surface area contributed by atoms with Crippen LogP contribution in [0, 0.1) is 10.1 Å². The normalized spacial score (nSPS) is 15.7. The fraction of sp³-hybridized carbons (Fsp3) is 0.500. The first-order valence-corrected chi connectivity index (χ1v) is 8.71. The minimum atomic E-state index is -0.509. The highest BCUT2D eigenvalue weighted by Gasteiger charge is 2.20. The van der Waals surface area contributed by atoms with Gasteiger partial charge in [0, 0.05) is 23.1 Å². The van der Waals surface area contributed by atoms with Crippen LogP contribution in [0.5, 0.6) is 0 Å². The van der Waals surface area contributed by atoms with Gasteiger partial charge < -0.3 is 10.1 Å². The van der Waals surface area contributed by atoms with Gasteiger partial charge in [0.05, 0.1) is 4.92 Å². The van der Waals surface area contributed by atoms with Gasteiger partial charge in [0.25, 0.3) is 11.6 Å². The van der Waals surface area contributed by atoms with Crippen molar-refractivity contribution >= 4 is 29.3 Å². The molecule has 1 aromatic carbocycles. The van der Waals surface area contributed by atoms with E-state index >= 15 is 0 Å². The van der Waals surface area contributed by atoms with Crippen molar-refractivity contribution in [2.75, 3.05) is 6.61 Å². The number of nitrogens with one attached hydrogen (secondary N) is 1. The van der Waals surface area contributed by atoms with Gasteiger partial charge in [-0.15, -0.1) is 11.8 Å². The average Bonchev–Trinajstić information content (AvgIpc) is 3.06. The van der Waals surface area contributed by atoms with E-state index in [-0.39, 0.29) is 24.2 Å². The minimum absolute atomic E-state index is 0.00170. The molecule has 7 nitrogen and oxygen atoms in total. The van der Waals surface area contributed by atoms with Crippen molar-refractivity contribution < 1.29 is 19.2 Å². The lowest BCUT2D eigenvalue weighted by molar-refractivity contribution is -0.384. The molecule has 0 saturated heterocycles. The third-order valence-corrected chi connectivity index (χ3v) is 4.85. The molecule has 0 heterocycles. The molecule has 0 unspecified atom stereocenters. The number of carbonyl (C=O) groups is 2. The number of hydrogen-bond acceptors (Lipinski definition) is 6. The van der Waals surface area contributed by atoms with E-state index in [1.54, 1.807) is 19.1 Å². The van der Waals surface area contributed by atoms with Gasteiger partial charge in [-0.05, 0) is 31.9 Å². The van der Waals surface area contributed by atoms with Crippen LogP contribution in [-0.2, 0) is 14.3 Å². The number of rotatable bonds is 7. The zero-order valence-corrected chi connectivity index (χ0v) is 14.2. The maximum Gasteiger partial charge on any atom is 0.319 e. The van der Waals surface area contributed by atoms with E-state index in [4.69, 9.17) is 4.74 Å². The maximum absolute atomic E-state index is 11.9. The topological polar surface area (TPSA) is 98.5 Å². The van der Waals surface area contributed by atoms with Crippen molar-refractivity contribution in [2.24, 2.45) is 0 Å². The first-order valence-electron chi connectivity index (χ1n) is 7.83. The summed E-state index contributed by atoms with van der Waals surface area (Å²) in [5.41, 5.74) is -0.00170. The number of ether oxygens (including phenoxy) is 1. The molecule has 1 atom stereocenters. The Morgan fingerprint density at radius 1 is 1.33 bits per heavy atom. The standard InChI is InChI=1S/C16H20N2O5S/c1-11(24-14-8-6-13(7-9-14)18(21)22)16(20)23-10-15(19)17-12-4-2-3-5-12/h6-9,11-12H,2-5,10H2,1H3,(H,17,19)/t11-/m0/s1. The number of thioether (sulfide) groups is 1. The minimum Gasteiger partial charge on any atom is -0.455 e. The number of carbonyl (C=O) groups excluding carboxylic acids is 2. The Morgan fingerprint density at radius 3 is 2.54 bits per heavy atom. The van der Waals surface area contributed by atoms with E-state index in [0.717, 1.165) is 30.6 Å².